The fraction of sp³-hybridized carbons (Fsp3) is 0.429. The fourth-order valence-corrected chi connectivity index (χ4v) is 5.22. The number of nitrogens with one attached hydrogen (secondary N) is 3. The molecule has 0 saturated carbocycles. The van der Waals surface area contributed by atoms with Crippen LogP contribution in [0.25, 0.3) is 11.2 Å². The van der Waals surface area contributed by atoms with Gasteiger partial charge in [-0.15, -0.1) is 12.4 Å². The highest BCUT2D eigenvalue weighted by Gasteiger charge is 2.36. The van der Waals surface area contributed by atoms with E-state index < -0.39 is 41.5 Å². The summed E-state index contributed by atoms with van der Waals surface area (Å²) in [6.45, 7) is 7.36. The van der Waals surface area contributed by atoms with E-state index in [4.69, 9.17) is 26.8 Å². The third-order valence-electron chi connectivity index (χ3n) is 7.27. The van der Waals surface area contributed by atoms with Crippen molar-refractivity contribution in [1.82, 2.24) is 44.9 Å². The number of hydrogen-bond acceptors (Lipinski definition) is 16. The highest BCUT2D eigenvalue weighted by atomic mass is 35.5. The maximum Gasteiger partial charge on any atom is 0.326 e. The van der Waals surface area contributed by atoms with Crippen LogP contribution in [-0.4, -0.2) is 137 Å². The number of carbonyl (C=O) groups excluding carboxylic acids is 1. The fourth-order valence-electron chi connectivity index (χ4n) is 5.07. The first kappa shape index (κ1) is 39.8. The molecule has 0 unspecified atom stereocenters. The van der Waals surface area contributed by atoms with E-state index in [1.165, 1.54) is 58.3 Å². The van der Waals surface area contributed by atoms with E-state index in [1.54, 1.807) is 12.1 Å². The number of benzene rings is 1. The number of nitrogens with zero attached hydrogens (tertiary/aromatic N) is 7. The second kappa shape index (κ2) is 18.4. The summed E-state index contributed by atoms with van der Waals surface area (Å²) in [4.78, 5) is 80.2. The van der Waals surface area contributed by atoms with Gasteiger partial charge in [-0.3, -0.25) is 43.8 Å². The van der Waals surface area contributed by atoms with Crippen LogP contribution in [0.4, 0.5) is 11.6 Å². The summed E-state index contributed by atoms with van der Waals surface area (Å²) < 4.78 is 0. The lowest BCUT2D eigenvalue weighted by molar-refractivity contribution is -0.194. The van der Waals surface area contributed by atoms with Crippen molar-refractivity contribution in [2.45, 2.75) is 31.5 Å². The number of fused-ring (bicyclic) bond motifs is 1. The molecule has 4 aliphatic rings. The van der Waals surface area contributed by atoms with E-state index in [1.807, 2.05) is 0 Å². The summed E-state index contributed by atoms with van der Waals surface area (Å²) in [5.74, 6) is -3.97. The molecule has 4 aliphatic heterocycles. The van der Waals surface area contributed by atoms with Gasteiger partial charge in [0.2, 0.25) is 5.95 Å². The van der Waals surface area contributed by atoms with Gasteiger partial charge in [-0.1, -0.05) is 0 Å². The average molecular weight is 739 g/mol. The molecular formula is C28H39ClN12O8S. The number of H-pyrrole nitrogens is 1. The Morgan fingerprint density at radius 2 is 1.48 bits per heavy atom. The normalized spacial score (nSPS) is 20.8. The van der Waals surface area contributed by atoms with Crippen molar-refractivity contribution in [2.75, 3.05) is 56.8 Å². The molecule has 4 bridgehead atoms. The zero-order valence-corrected chi connectivity index (χ0v) is 28.3. The molecular weight excluding hydrogens is 700 g/mol. The molecule has 3 aromatic rings. The molecule has 20 nitrogen and oxygen atoms in total. The molecule has 6 heterocycles. The van der Waals surface area contributed by atoms with E-state index in [0.717, 1.165) is 0 Å². The number of aromatic amines is 1. The summed E-state index contributed by atoms with van der Waals surface area (Å²) in [5, 5.41) is 31.2. The Labute approximate surface area is 296 Å². The topological polar surface area (TPSA) is 290 Å². The van der Waals surface area contributed by atoms with Gasteiger partial charge in [-0.05, 0) is 30.7 Å². The number of amides is 1. The first-order chi connectivity index (χ1) is 23.3. The first-order valence-corrected chi connectivity index (χ1v) is 15.5. The zero-order chi connectivity index (χ0) is 35.7. The Morgan fingerprint density at radius 1 is 0.920 bits per heavy atom. The molecule has 4 fully saturated rings. The summed E-state index contributed by atoms with van der Waals surface area (Å²) in [7, 11) is 0. The van der Waals surface area contributed by atoms with Gasteiger partial charge in [0.15, 0.2) is 11.2 Å². The molecule has 1 amide bonds. The number of carboxylic acid groups (broad SMARTS) is 3. The van der Waals surface area contributed by atoms with Crippen LogP contribution in [0.2, 0.25) is 0 Å². The van der Waals surface area contributed by atoms with Gasteiger partial charge in [-0.25, -0.2) is 14.8 Å². The molecule has 4 saturated heterocycles. The first-order valence-electron chi connectivity index (χ1n) is 14.9. The molecule has 272 valence electrons. The van der Waals surface area contributed by atoms with Gasteiger partial charge >= 0.3 is 17.9 Å². The number of nitrogens with two attached hydrogens (primary N) is 2. The summed E-state index contributed by atoms with van der Waals surface area (Å²) in [6, 6.07) is 4.05. The Hall–Kier alpha value is -4.64. The molecule has 22 heteroatoms. The number of rotatable bonds is 11. The van der Waals surface area contributed by atoms with Gasteiger partial charge in [-0.2, -0.15) is 17.6 Å². The van der Waals surface area contributed by atoms with Gasteiger partial charge in [0, 0.05) is 23.4 Å². The maximum atomic E-state index is 12.3. The van der Waals surface area contributed by atoms with Crippen molar-refractivity contribution in [1.29, 1.82) is 0 Å². The van der Waals surface area contributed by atoms with Crippen LogP contribution in [0.15, 0.2) is 35.3 Å². The van der Waals surface area contributed by atoms with E-state index in [9.17, 15) is 24.0 Å². The maximum absolute atomic E-state index is 12.3. The quantitative estimate of drug-likeness (QED) is 0.103. The minimum Gasteiger partial charge on any atom is -0.481 e. The number of carbonyl (C=O) groups is 4. The van der Waals surface area contributed by atoms with Crippen LogP contribution >= 0.6 is 25.0 Å². The number of halogens is 1. The SMILES string of the molecule is C1N2CN3CN1CN(C2)C3.Cl.N[C@@H](CS)C(=O)O.Nc1nc2ncc(CNc3ccc(C(=O)N[C@@H](CCC(=O)O)C(=O)O)cc3)nc2c(=O)[nH]1. The van der Waals surface area contributed by atoms with Crippen molar-refractivity contribution in [3.8, 4) is 0 Å². The largest absolute Gasteiger partial charge is 0.481 e. The molecule has 0 aliphatic carbocycles. The Bertz CT molecular complexity index is 1660. The predicted molar refractivity (Wildman–Crippen MR) is 185 cm³/mol. The van der Waals surface area contributed by atoms with Gasteiger partial charge in [0.25, 0.3) is 11.5 Å². The molecule has 1 aromatic carbocycles. The van der Waals surface area contributed by atoms with Crippen LogP contribution in [0.5, 0.6) is 0 Å². The van der Waals surface area contributed by atoms with Crippen LogP contribution in [-0.2, 0) is 20.9 Å². The Kier molecular flexibility index (Phi) is 14.6. The number of nitrogen functional groups attached to an aromatic ring is 1. The lowest BCUT2D eigenvalue weighted by Crippen LogP contribution is -2.71. The number of thiol groups is 1. The lowest BCUT2D eigenvalue weighted by atomic mass is 10.1. The van der Waals surface area contributed by atoms with Crippen LogP contribution in [0.3, 0.4) is 0 Å². The van der Waals surface area contributed by atoms with Crippen LogP contribution < -0.4 is 27.7 Å². The zero-order valence-electron chi connectivity index (χ0n) is 26.6. The Balaban J connectivity index is 0.000000303. The second-order valence-corrected chi connectivity index (χ2v) is 11.7. The number of anilines is 2. The van der Waals surface area contributed by atoms with Crippen LogP contribution in [0, 0.1) is 0 Å². The smallest absolute Gasteiger partial charge is 0.326 e. The molecule has 50 heavy (non-hydrogen) atoms. The average Bonchev–Trinajstić information content (AvgIpc) is 3.05. The lowest BCUT2D eigenvalue weighted by Gasteiger charge is -2.56. The molecule has 0 spiro atoms. The number of aromatic nitrogens is 4. The van der Waals surface area contributed by atoms with E-state index in [-0.39, 0.29) is 60.2 Å². The standard InChI is InChI=1S/C19H19N7O6.C6H12N4.C3H7NO2S.ClH/c20-19-25-15-14(17(30)26-19)23-11(8-22-15)7-21-10-3-1-9(2-4-10)16(29)24-12(18(31)32)5-6-13(27)28;1-7-2-9-4-8(1)5-10(3-7)6-9;4-2(1-7)3(5)6;/h1-4,8,12,21H,5-7H2,(H,24,29)(H,27,28)(H,31,32)(H3,20,22,25,26,30);1-6H2;2,7H,1,4H2,(H,5,6);1H/t12-;;2-;/m0.0./s1. The van der Waals surface area contributed by atoms with Crippen molar-refractivity contribution >= 4 is 71.7 Å². The third-order valence-corrected chi connectivity index (χ3v) is 7.66. The van der Waals surface area contributed by atoms with Crippen LogP contribution in [0.1, 0.15) is 28.9 Å². The van der Waals surface area contributed by atoms with E-state index in [0.29, 0.717) is 11.4 Å². The summed E-state index contributed by atoms with van der Waals surface area (Å²) in [6.07, 6.45) is 0.840. The summed E-state index contributed by atoms with van der Waals surface area (Å²) in [5.41, 5.74) is 11.4. The highest BCUT2D eigenvalue weighted by molar-refractivity contribution is 7.80. The predicted octanol–water partition coefficient (Wildman–Crippen LogP) is -1.31. The van der Waals surface area contributed by atoms with Crippen molar-refractivity contribution in [2.24, 2.45) is 5.73 Å². The molecule has 2 aromatic heterocycles. The third kappa shape index (κ3) is 11.5. The van der Waals surface area contributed by atoms with E-state index in [2.05, 4.69) is 62.8 Å². The minimum atomic E-state index is -1.31. The van der Waals surface area contributed by atoms with Gasteiger partial charge < -0.3 is 37.4 Å². The molecule has 10 N–H and O–H groups in total. The van der Waals surface area contributed by atoms with Crippen molar-refractivity contribution in [3.63, 3.8) is 0 Å². The van der Waals surface area contributed by atoms with Crippen molar-refractivity contribution < 1.29 is 34.5 Å². The minimum absolute atomic E-state index is 0. The van der Waals surface area contributed by atoms with E-state index >= 15 is 0 Å². The number of aliphatic carboxylic acids is 3. The Morgan fingerprint density at radius 3 is 1.94 bits per heavy atom. The second-order valence-electron chi connectivity index (χ2n) is 11.4. The molecule has 2 atom stereocenters. The summed E-state index contributed by atoms with van der Waals surface area (Å²) >= 11 is 3.65. The van der Waals surface area contributed by atoms with Gasteiger partial charge in [0.1, 0.15) is 12.1 Å². The monoisotopic (exact) mass is 738 g/mol. The number of carboxylic acids is 3. The molecule has 7 rings (SSSR count). The number of hydrogen-bond donors (Lipinski definition) is 9. The molecule has 0 radical (unpaired) electrons. The van der Waals surface area contributed by atoms with Gasteiger partial charge in [0.05, 0.1) is 58.4 Å². The highest BCUT2D eigenvalue weighted by Crippen LogP contribution is 2.20. The van der Waals surface area contributed by atoms with Crippen molar-refractivity contribution in [3.05, 3.63) is 52.1 Å².